The van der Waals surface area contributed by atoms with Crippen molar-refractivity contribution in [2.24, 2.45) is 0 Å². The van der Waals surface area contributed by atoms with Crippen molar-refractivity contribution in [2.75, 3.05) is 6.61 Å². The fourth-order valence-corrected chi connectivity index (χ4v) is 7.56. The van der Waals surface area contributed by atoms with Gasteiger partial charge < -0.3 is 19.1 Å². The summed E-state index contributed by atoms with van der Waals surface area (Å²) >= 11 is 14.5. The quantitative estimate of drug-likeness (QED) is 0.244. The molecule has 2 saturated heterocycles. The Labute approximate surface area is 232 Å². The van der Waals surface area contributed by atoms with Gasteiger partial charge in [-0.25, -0.2) is 9.78 Å². The second kappa shape index (κ2) is 9.03. The Morgan fingerprint density at radius 1 is 1.11 bits per heavy atom. The highest BCUT2D eigenvalue weighted by molar-refractivity contribution is 7.19. The summed E-state index contributed by atoms with van der Waals surface area (Å²) in [5.74, 6) is 0.267. The lowest BCUT2D eigenvalue weighted by Crippen LogP contribution is -2.54. The van der Waals surface area contributed by atoms with Gasteiger partial charge in [-0.2, -0.15) is 0 Å². The number of ether oxygens (including phenoxy) is 2. The first-order chi connectivity index (χ1) is 18.4. The molecular weight excluding hydrogens is 547 g/mol. The van der Waals surface area contributed by atoms with Crippen LogP contribution in [0.25, 0.3) is 21.5 Å². The van der Waals surface area contributed by atoms with Crippen molar-refractivity contribution in [3.63, 3.8) is 0 Å². The van der Waals surface area contributed by atoms with E-state index in [0.29, 0.717) is 50.7 Å². The summed E-state index contributed by atoms with van der Waals surface area (Å²) < 4.78 is 19.6. The molecule has 4 aromatic rings. The number of thiazole rings is 1. The third kappa shape index (κ3) is 3.97. The lowest BCUT2D eigenvalue weighted by Gasteiger charge is -2.51. The highest BCUT2D eigenvalue weighted by Gasteiger charge is 2.53. The fourth-order valence-electron chi connectivity index (χ4n) is 5.72. The van der Waals surface area contributed by atoms with Crippen molar-refractivity contribution in [1.29, 1.82) is 0 Å². The van der Waals surface area contributed by atoms with Gasteiger partial charge in [0.2, 0.25) is 0 Å². The van der Waals surface area contributed by atoms with Crippen LogP contribution in [0, 0.1) is 0 Å². The van der Waals surface area contributed by atoms with Crippen LogP contribution in [0.2, 0.25) is 10.0 Å². The van der Waals surface area contributed by atoms with Crippen molar-refractivity contribution in [3.8, 4) is 11.3 Å². The predicted octanol–water partition coefficient (Wildman–Crippen LogP) is 7.59. The molecule has 0 atom stereocenters. The van der Waals surface area contributed by atoms with E-state index >= 15 is 0 Å². The monoisotopic (exact) mass is 570 g/mol. The molecule has 4 aliphatic rings. The molecule has 196 valence electrons. The third-order valence-corrected chi connectivity index (χ3v) is 10.0. The number of carbonyl (C=O) groups is 1. The topological polar surface area (TPSA) is 94.7 Å². The molecule has 4 fully saturated rings. The number of hydrogen-bond acceptors (Lipinski definition) is 7. The average Bonchev–Trinajstić information content (AvgIpc) is 3.52. The lowest BCUT2D eigenvalue weighted by atomic mass is 9.73. The van der Waals surface area contributed by atoms with Crippen LogP contribution in [0.3, 0.4) is 0 Å². The number of fused-ring (bicyclic) bond motifs is 4. The lowest BCUT2D eigenvalue weighted by molar-refractivity contribution is -0.243. The van der Waals surface area contributed by atoms with E-state index in [4.69, 9.17) is 42.2 Å². The zero-order chi connectivity index (χ0) is 26.1. The number of nitrogens with zero attached hydrogens (tertiary/aromatic N) is 2. The van der Waals surface area contributed by atoms with Gasteiger partial charge in [-0.15, -0.1) is 11.3 Å². The highest BCUT2D eigenvalue weighted by Crippen LogP contribution is 2.53. The van der Waals surface area contributed by atoms with Gasteiger partial charge >= 0.3 is 5.97 Å². The summed E-state index contributed by atoms with van der Waals surface area (Å²) in [6.45, 7) is 0.784. The van der Waals surface area contributed by atoms with E-state index in [-0.39, 0.29) is 5.56 Å². The molecule has 7 nitrogen and oxygen atoms in total. The van der Waals surface area contributed by atoms with Crippen molar-refractivity contribution in [2.45, 2.75) is 62.3 Å². The number of carboxylic acids is 1. The van der Waals surface area contributed by atoms with Crippen molar-refractivity contribution in [3.05, 3.63) is 68.3 Å². The molecule has 2 saturated carbocycles. The van der Waals surface area contributed by atoms with E-state index < -0.39 is 17.2 Å². The smallest absolute Gasteiger partial charge is 0.337 e. The maximum atomic E-state index is 11.7. The van der Waals surface area contributed by atoms with Crippen LogP contribution in [-0.2, 0) is 21.7 Å². The van der Waals surface area contributed by atoms with Crippen molar-refractivity contribution < 1.29 is 23.9 Å². The summed E-state index contributed by atoms with van der Waals surface area (Å²) in [5.41, 5.74) is 2.29. The van der Waals surface area contributed by atoms with Crippen LogP contribution in [0.15, 0.2) is 40.9 Å². The predicted molar refractivity (Wildman–Crippen MR) is 144 cm³/mol. The normalized spacial score (nSPS) is 24.8. The molecule has 10 heteroatoms. The summed E-state index contributed by atoms with van der Waals surface area (Å²) in [5, 5.41) is 15.9. The summed E-state index contributed by atoms with van der Waals surface area (Å²) in [6, 6.07) is 10.6. The first kappa shape index (κ1) is 24.5. The Morgan fingerprint density at radius 3 is 2.50 bits per heavy atom. The van der Waals surface area contributed by atoms with Crippen LogP contribution >= 0.6 is 34.5 Å². The number of benzene rings is 2. The van der Waals surface area contributed by atoms with E-state index in [1.165, 1.54) is 11.3 Å². The van der Waals surface area contributed by atoms with Crippen LogP contribution in [0.1, 0.15) is 71.1 Å². The van der Waals surface area contributed by atoms with Crippen molar-refractivity contribution in [1.82, 2.24) is 10.1 Å². The number of halogens is 2. The minimum Gasteiger partial charge on any atom is -0.478 e. The van der Waals surface area contributed by atoms with Crippen LogP contribution in [-0.4, -0.2) is 33.4 Å². The van der Waals surface area contributed by atoms with Crippen LogP contribution < -0.4 is 0 Å². The minimum absolute atomic E-state index is 0.279. The molecule has 2 aliphatic carbocycles. The van der Waals surface area contributed by atoms with Gasteiger partial charge in [0.1, 0.15) is 22.1 Å². The van der Waals surface area contributed by atoms with Crippen LogP contribution in [0.4, 0.5) is 0 Å². The molecule has 38 heavy (non-hydrogen) atoms. The zero-order valence-corrected chi connectivity index (χ0v) is 22.7. The van der Waals surface area contributed by atoms with E-state index in [9.17, 15) is 9.90 Å². The maximum absolute atomic E-state index is 11.7. The van der Waals surface area contributed by atoms with E-state index in [1.54, 1.807) is 24.3 Å². The van der Waals surface area contributed by atoms with Gasteiger partial charge in [0.15, 0.2) is 0 Å². The third-order valence-electron chi connectivity index (χ3n) is 8.10. The van der Waals surface area contributed by atoms with Gasteiger partial charge in [0.05, 0.1) is 44.6 Å². The van der Waals surface area contributed by atoms with Crippen LogP contribution in [0.5, 0.6) is 0 Å². The Kier molecular flexibility index (Phi) is 5.83. The largest absolute Gasteiger partial charge is 0.478 e. The van der Waals surface area contributed by atoms with Gasteiger partial charge in [0, 0.05) is 17.0 Å². The Bertz CT molecular complexity index is 1530. The number of aromatic nitrogens is 2. The molecule has 4 heterocycles. The standard InChI is InChI=1S/C28H24Cl2N2O5S/c29-18-4-2-5-19(30)21(18)22-17(23(37-32-22)15-7-8-15)13-35-27-9-11-28(12-10-27,36-14-27)26-31-20-6-1-3-16(25(33)34)24(20)38-26/h1-6,15H,7-14H2,(H,33,34). The van der Waals surface area contributed by atoms with Gasteiger partial charge in [0.25, 0.3) is 0 Å². The molecule has 2 aromatic heterocycles. The molecule has 2 aliphatic heterocycles. The van der Waals surface area contributed by atoms with E-state index in [0.717, 1.165) is 54.9 Å². The second-order valence-corrected chi connectivity index (χ2v) is 12.3. The average molecular weight is 571 g/mol. The second-order valence-electron chi connectivity index (χ2n) is 10.5. The molecular formula is C28H24Cl2N2O5S. The molecule has 8 rings (SSSR count). The number of carboxylic acid groups (broad SMARTS) is 1. The first-order valence-corrected chi connectivity index (χ1v) is 14.3. The molecule has 2 bridgehead atoms. The van der Waals surface area contributed by atoms with Crippen molar-refractivity contribution >= 4 is 50.7 Å². The summed E-state index contributed by atoms with van der Waals surface area (Å²) in [4.78, 5) is 16.5. The maximum Gasteiger partial charge on any atom is 0.337 e. The zero-order valence-electron chi connectivity index (χ0n) is 20.3. The van der Waals surface area contributed by atoms with Gasteiger partial charge in [-0.1, -0.05) is 40.5 Å². The fraction of sp³-hybridized carbons (Fsp3) is 0.393. The van der Waals surface area contributed by atoms with E-state index in [1.807, 2.05) is 12.1 Å². The SMILES string of the molecule is O=C(O)c1cccc2nc(C34CCC(OCc5c(-c6c(Cl)cccc6Cl)noc5C5CC5)(CC3)CO4)sc12. The molecule has 0 spiro atoms. The number of aromatic carboxylic acids is 1. The summed E-state index contributed by atoms with van der Waals surface area (Å²) in [7, 11) is 0. The molecule has 0 unspecified atom stereocenters. The Morgan fingerprint density at radius 2 is 1.84 bits per heavy atom. The van der Waals surface area contributed by atoms with Gasteiger partial charge in [-0.3, -0.25) is 0 Å². The number of hydrogen-bond donors (Lipinski definition) is 1. The first-order valence-electron chi connectivity index (χ1n) is 12.7. The van der Waals surface area contributed by atoms with E-state index in [2.05, 4.69) is 5.16 Å². The Hall–Kier alpha value is -2.49. The number of rotatable bonds is 7. The minimum atomic E-state index is -0.944. The Balaban J connectivity index is 1.13. The highest BCUT2D eigenvalue weighted by atomic mass is 35.5. The summed E-state index contributed by atoms with van der Waals surface area (Å²) in [6.07, 6.45) is 5.30. The molecule has 1 N–H and O–H groups in total. The molecule has 0 amide bonds. The molecule has 2 aromatic carbocycles. The molecule has 0 radical (unpaired) electrons. The van der Waals surface area contributed by atoms with Gasteiger partial charge in [-0.05, 0) is 62.8 Å².